The molecule has 0 radical (unpaired) electrons. The average molecular weight is 398 g/mol. The van der Waals surface area contributed by atoms with E-state index in [2.05, 4.69) is 0 Å². The van der Waals surface area contributed by atoms with Crippen LogP contribution in [0.15, 0.2) is 17.1 Å². The number of ketones is 1. The molecule has 1 aliphatic rings. The van der Waals surface area contributed by atoms with Crippen molar-refractivity contribution in [2.24, 2.45) is 5.73 Å². The highest BCUT2D eigenvalue weighted by Crippen LogP contribution is 2.32. The highest BCUT2D eigenvalue weighted by molar-refractivity contribution is 6.00. The van der Waals surface area contributed by atoms with Crippen molar-refractivity contribution in [3.05, 3.63) is 49.8 Å². The maximum atomic E-state index is 15.2. The fourth-order valence-electron chi connectivity index (χ4n) is 3.43. The van der Waals surface area contributed by atoms with E-state index in [4.69, 9.17) is 5.73 Å². The Morgan fingerprint density at radius 1 is 1.39 bits per heavy atom. The third-order valence-electron chi connectivity index (χ3n) is 4.67. The molecular weight excluding hydrogens is 381 g/mol. The number of rotatable bonds is 6. The van der Waals surface area contributed by atoms with Gasteiger partial charge >= 0.3 is 0 Å². The molecule has 1 fully saturated rings. The Balaban J connectivity index is 2.27. The molecule has 0 saturated carbocycles. The summed E-state index contributed by atoms with van der Waals surface area (Å²) in [6.45, 7) is -2.01. The Kier molecular flexibility index (Phi) is 5.36. The van der Waals surface area contributed by atoms with Gasteiger partial charge in [0.25, 0.3) is 6.54 Å². The summed E-state index contributed by atoms with van der Waals surface area (Å²) >= 11 is 0. The lowest BCUT2D eigenvalue weighted by Gasteiger charge is -2.22. The highest BCUT2D eigenvalue weighted by Gasteiger charge is 2.29. The average Bonchev–Trinajstić information content (AvgIpc) is 3.02. The molecular formula is C17H17F3N4O4. The molecule has 8 nitrogen and oxygen atoms in total. The van der Waals surface area contributed by atoms with Crippen LogP contribution in [0.5, 0.6) is 0 Å². The lowest BCUT2D eigenvalue weighted by atomic mass is 10.1. The number of aromatic nitrogens is 1. The maximum absolute atomic E-state index is 15.2. The van der Waals surface area contributed by atoms with Crippen molar-refractivity contribution in [3.63, 3.8) is 0 Å². The molecule has 150 valence electrons. The van der Waals surface area contributed by atoms with Crippen LogP contribution >= 0.6 is 0 Å². The van der Waals surface area contributed by atoms with Gasteiger partial charge in [0, 0.05) is 30.3 Å². The van der Waals surface area contributed by atoms with Crippen LogP contribution in [-0.2, 0) is 6.54 Å². The third-order valence-corrected chi connectivity index (χ3v) is 4.67. The van der Waals surface area contributed by atoms with Gasteiger partial charge in [-0.05, 0) is 12.5 Å². The molecule has 0 amide bonds. The monoisotopic (exact) mass is 398 g/mol. The maximum Gasteiger partial charge on any atom is 0.266 e. The van der Waals surface area contributed by atoms with Crippen molar-refractivity contribution >= 4 is 22.4 Å². The number of nitrogens with two attached hydrogens (primary N) is 1. The Labute approximate surface area is 156 Å². The fraction of sp³-hybridized carbons (Fsp3) is 0.412. The first-order valence-electron chi connectivity index (χ1n) is 8.51. The quantitative estimate of drug-likeness (QED) is 0.445. The third kappa shape index (κ3) is 3.44. The minimum Gasteiger partial charge on any atom is -0.365 e. The first kappa shape index (κ1) is 19.8. The molecule has 2 heterocycles. The lowest BCUT2D eigenvalue weighted by Crippen LogP contribution is -2.29. The van der Waals surface area contributed by atoms with Crippen LogP contribution in [0, 0.1) is 21.7 Å². The number of pyridine rings is 1. The van der Waals surface area contributed by atoms with Gasteiger partial charge in [-0.2, -0.15) is 0 Å². The van der Waals surface area contributed by atoms with Crippen molar-refractivity contribution < 1.29 is 22.9 Å². The molecule has 1 aromatic carbocycles. The Hall–Kier alpha value is -2.95. The predicted octanol–water partition coefficient (Wildman–Crippen LogP) is 1.25. The number of anilines is 1. The summed E-state index contributed by atoms with van der Waals surface area (Å²) in [6.07, 6.45) is 1.42. The first-order chi connectivity index (χ1) is 13.2. The Morgan fingerprint density at radius 2 is 2.11 bits per heavy atom. The molecule has 3 rings (SSSR count). The van der Waals surface area contributed by atoms with E-state index in [0.717, 1.165) is 16.8 Å². The van der Waals surface area contributed by atoms with E-state index in [9.17, 15) is 28.5 Å². The second-order valence-corrected chi connectivity index (χ2v) is 6.58. The van der Waals surface area contributed by atoms with E-state index >= 15 is 4.39 Å². The predicted molar refractivity (Wildman–Crippen MR) is 95.1 cm³/mol. The smallest absolute Gasteiger partial charge is 0.266 e. The molecule has 0 bridgehead atoms. The van der Waals surface area contributed by atoms with Crippen LogP contribution in [0.25, 0.3) is 10.9 Å². The molecule has 1 aromatic heterocycles. The summed E-state index contributed by atoms with van der Waals surface area (Å²) in [5.74, 6) is -3.22. The Bertz CT molecular complexity index is 1020. The van der Waals surface area contributed by atoms with Crippen molar-refractivity contribution in [1.29, 1.82) is 0 Å². The van der Waals surface area contributed by atoms with Gasteiger partial charge in [0.2, 0.25) is 11.2 Å². The number of Topliss-reactive ketones (excluding diaryl/α,β-unsaturated/α-hetero) is 1. The normalized spacial score (nSPS) is 16.7. The van der Waals surface area contributed by atoms with E-state index in [-0.39, 0.29) is 23.8 Å². The standard InChI is InChI=1S/C17H17F3N4O4/c18-2-4-23-7-11(13(25)8-24(27)28)17(26)10-5-12(19)16(14(20)15(10)23)22-3-1-9(21)6-22/h5,7,9H,1-4,6,8,21H2. The fourth-order valence-corrected chi connectivity index (χ4v) is 3.43. The van der Waals surface area contributed by atoms with Crippen LogP contribution in [0.3, 0.4) is 0 Å². The number of carbonyl (C=O) groups is 1. The van der Waals surface area contributed by atoms with E-state index in [1.165, 1.54) is 4.90 Å². The van der Waals surface area contributed by atoms with Gasteiger partial charge < -0.3 is 15.2 Å². The molecule has 2 aromatic rings. The van der Waals surface area contributed by atoms with Crippen molar-refractivity contribution in [3.8, 4) is 0 Å². The van der Waals surface area contributed by atoms with Gasteiger partial charge in [0.15, 0.2) is 5.82 Å². The Morgan fingerprint density at radius 3 is 2.68 bits per heavy atom. The number of alkyl halides is 1. The number of nitro groups is 1. The summed E-state index contributed by atoms with van der Waals surface area (Å²) in [4.78, 5) is 35.6. The van der Waals surface area contributed by atoms with E-state index < -0.39 is 58.5 Å². The van der Waals surface area contributed by atoms with Crippen LogP contribution in [-0.4, -0.2) is 47.6 Å². The molecule has 1 atom stereocenters. The van der Waals surface area contributed by atoms with Gasteiger partial charge in [0.1, 0.15) is 18.2 Å². The number of aryl methyl sites for hydroxylation is 1. The highest BCUT2D eigenvalue weighted by atomic mass is 19.1. The molecule has 28 heavy (non-hydrogen) atoms. The minimum absolute atomic E-state index is 0.214. The zero-order chi connectivity index (χ0) is 20.6. The largest absolute Gasteiger partial charge is 0.365 e. The van der Waals surface area contributed by atoms with Crippen molar-refractivity contribution in [2.75, 3.05) is 31.2 Å². The number of carbonyl (C=O) groups excluding carboxylic acids is 1. The van der Waals surface area contributed by atoms with Gasteiger partial charge in [-0.3, -0.25) is 19.7 Å². The lowest BCUT2D eigenvalue weighted by molar-refractivity contribution is -0.465. The van der Waals surface area contributed by atoms with Gasteiger partial charge in [-0.25, -0.2) is 13.2 Å². The summed E-state index contributed by atoms with van der Waals surface area (Å²) in [7, 11) is 0. The molecule has 1 aliphatic heterocycles. The minimum atomic E-state index is -1.16. The van der Waals surface area contributed by atoms with Crippen LogP contribution < -0.4 is 16.1 Å². The molecule has 1 saturated heterocycles. The zero-order valence-corrected chi connectivity index (χ0v) is 14.7. The summed E-state index contributed by atoms with van der Waals surface area (Å²) in [5.41, 5.74) is 3.38. The van der Waals surface area contributed by atoms with E-state index in [0.29, 0.717) is 13.0 Å². The SMILES string of the molecule is NC1CCN(c2c(F)cc3c(=O)c(C(=O)C[N+](=O)[O-])cn(CCF)c3c2F)C1. The molecule has 2 N–H and O–H groups in total. The summed E-state index contributed by atoms with van der Waals surface area (Å²) in [6, 6.07) is 0.516. The molecule has 11 heteroatoms. The van der Waals surface area contributed by atoms with E-state index in [1.807, 2.05) is 0 Å². The molecule has 0 aliphatic carbocycles. The van der Waals surface area contributed by atoms with Crippen molar-refractivity contribution in [2.45, 2.75) is 19.0 Å². The van der Waals surface area contributed by atoms with Crippen LogP contribution in [0.4, 0.5) is 18.9 Å². The van der Waals surface area contributed by atoms with Crippen LogP contribution in [0.2, 0.25) is 0 Å². The van der Waals surface area contributed by atoms with E-state index in [1.54, 1.807) is 0 Å². The van der Waals surface area contributed by atoms with Gasteiger partial charge in [-0.1, -0.05) is 0 Å². The number of hydrogen-bond donors (Lipinski definition) is 1. The summed E-state index contributed by atoms with van der Waals surface area (Å²) in [5, 5.41) is 10.1. The molecule has 1 unspecified atom stereocenters. The topological polar surface area (TPSA) is 111 Å². The first-order valence-corrected chi connectivity index (χ1v) is 8.51. The number of benzene rings is 1. The molecule has 0 spiro atoms. The number of hydrogen-bond acceptors (Lipinski definition) is 6. The van der Waals surface area contributed by atoms with Crippen LogP contribution in [0.1, 0.15) is 16.8 Å². The number of fused-ring (bicyclic) bond motifs is 1. The second-order valence-electron chi connectivity index (χ2n) is 6.58. The second kappa shape index (κ2) is 7.58. The summed E-state index contributed by atoms with van der Waals surface area (Å²) < 4.78 is 43.8. The number of nitrogens with zero attached hydrogens (tertiary/aromatic N) is 3. The number of halogens is 3. The van der Waals surface area contributed by atoms with Gasteiger partial charge in [0.05, 0.1) is 23.0 Å². The van der Waals surface area contributed by atoms with Crippen molar-refractivity contribution in [1.82, 2.24) is 4.57 Å². The zero-order valence-electron chi connectivity index (χ0n) is 14.7. The van der Waals surface area contributed by atoms with Gasteiger partial charge in [-0.15, -0.1) is 0 Å².